The summed E-state index contributed by atoms with van der Waals surface area (Å²) in [6.07, 6.45) is 2.24. The van der Waals surface area contributed by atoms with Gasteiger partial charge in [0.05, 0.1) is 25.0 Å². The molecule has 2 aliphatic rings. The van der Waals surface area contributed by atoms with Gasteiger partial charge in [0.25, 0.3) is 0 Å². The number of nitrogens with zero attached hydrogens (tertiary/aromatic N) is 3. The number of aliphatic imine (C=N–C) groups is 1. The number of nitrogens with one attached hydrogen (secondary N) is 2. The first kappa shape index (κ1) is 22.8. The quantitative estimate of drug-likeness (QED) is 0.360. The van der Waals surface area contributed by atoms with Crippen LogP contribution < -0.4 is 15.5 Å². The Morgan fingerprint density at radius 2 is 2.10 bits per heavy atom. The largest absolute Gasteiger partial charge is 0.379 e. The number of guanidine groups is 1. The molecule has 1 aromatic carbocycles. The molecule has 2 aliphatic heterocycles. The first-order chi connectivity index (χ1) is 14.7. The number of benzene rings is 1. The summed E-state index contributed by atoms with van der Waals surface area (Å²) < 4.78 is 25.1. The molecule has 1 aromatic rings. The van der Waals surface area contributed by atoms with Crippen molar-refractivity contribution in [1.29, 1.82) is 0 Å². The second-order valence-corrected chi connectivity index (χ2v) is 8.00. The van der Waals surface area contributed by atoms with Crippen molar-refractivity contribution in [3.63, 3.8) is 0 Å². The highest BCUT2D eigenvalue weighted by Crippen LogP contribution is 2.20. The van der Waals surface area contributed by atoms with Crippen LogP contribution >= 0.6 is 0 Å². The summed E-state index contributed by atoms with van der Waals surface area (Å²) in [6, 6.07) is 7.21. The molecule has 8 heteroatoms. The van der Waals surface area contributed by atoms with Gasteiger partial charge in [-0.1, -0.05) is 12.1 Å². The first-order valence-electron chi connectivity index (χ1n) is 11.0. The molecule has 2 fully saturated rings. The van der Waals surface area contributed by atoms with Gasteiger partial charge >= 0.3 is 0 Å². The van der Waals surface area contributed by atoms with Crippen LogP contribution in [0.4, 0.5) is 10.1 Å². The van der Waals surface area contributed by atoms with Gasteiger partial charge in [0.2, 0.25) is 0 Å². The number of rotatable bonds is 9. The van der Waals surface area contributed by atoms with E-state index in [2.05, 4.69) is 32.3 Å². The summed E-state index contributed by atoms with van der Waals surface area (Å²) in [4.78, 5) is 8.88. The van der Waals surface area contributed by atoms with Gasteiger partial charge in [0.15, 0.2) is 5.96 Å². The Hall–Kier alpha value is -1.90. The SMILES string of the molecule is CN=C(NCCCN1CCN(c2ccccc2F)CC1)NC(C)COC1CCOC1. The second kappa shape index (κ2) is 12.1. The lowest BCUT2D eigenvalue weighted by atomic mass is 10.2. The minimum absolute atomic E-state index is 0.134. The highest BCUT2D eigenvalue weighted by molar-refractivity contribution is 5.79. The third-order valence-electron chi connectivity index (χ3n) is 5.59. The number of hydrogen-bond donors (Lipinski definition) is 2. The van der Waals surface area contributed by atoms with Gasteiger partial charge in [-0.3, -0.25) is 9.89 Å². The van der Waals surface area contributed by atoms with Crippen LogP contribution in [0.1, 0.15) is 19.8 Å². The number of piperazine rings is 1. The van der Waals surface area contributed by atoms with E-state index in [0.717, 1.165) is 64.7 Å². The topological polar surface area (TPSA) is 61.4 Å². The predicted molar refractivity (Wildman–Crippen MR) is 119 cm³/mol. The summed E-state index contributed by atoms with van der Waals surface area (Å²) >= 11 is 0. The number of para-hydroxylation sites is 1. The third-order valence-corrected chi connectivity index (χ3v) is 5.59. The molecule has 30 heavy (non-hydrogen) atoms. The minimum Gasteiger partial charge on any atom is -0.379 e. The van der Waals surface area contributed by atoms with E-state index in [-0.39, 0.29) is 18.0 Å². The zero-order valence-corrected chi connectivity index (χ0v) is 18.3. The highest BCUT2D eigenvalue weighted by Gasteiger charge is 2.19. The van der Waals surface area contributed by atoms with E-state index >= 15 is 0 Å². The van der Waals surface area contributed by atoms with E-state index in [1.807, 2.05) is 12.1 Å². The maximum absolute atomic E-state index is 14.0. The molecule has 2 atom stereocenters. The molecule has 0 radical (unpaired) electrons. The summed E-state index contributed by atoms with van der Waals surface area (Å²) in [7, 11) is 1.79. The molecule has 0 spiro atoms. The average molecular weight is 422 g/mol. The molecule has 2 N–H and O–H groups in total. The fourth-order valence-corrected chi connectivity index (χ4v) is 3.82. The summed E-state index contributed by atoms with van der Waals surface area (Å²) in [5.74, 6) is 0.670. The summed E-state index contributed by atoms with van der Waals surface area (Å²) in [5.41, 5.74) is 0.715. The van der Waals surface area contributed by atoms with Gasteiger partial charge in [-0.15, -0.1) is 0 Å². The lowest BCUT2D eigenvalue weighted by molar-refractivity contribution is 0.0347. The Morgan fingerprint density at radius 1 is 1.30 bits per heavy atom. The van der Waals surface area contributed by atoms with Gasteiger partial charge in [0, 0.05) is 52.4 Å². The molecule has 0 saturated carbocycles. The zero-order valence-electron chi connectivity index (χ0n) is 18.3. The van der Waals surface area contributed by atoms with Gasteiger partial charge in [-0.2, -0.15) is 0 Å². The molecule has 0 bridgehead atoms. The van der Waals surface area contributed by atoms with E-state index in [9.17, 15) is 4.39 Å². The van der Waals surface area contributed by atoms with Crippen molar-refractivity contribution in [2.45, 2.75) is 31.9 Å². The van der Waals surface area contributed by atoms with Gasteiger partial charge < -0.3 is 25.0 Å². The van der Waals surface area contributed by atoms with Crippen LogP contribution in [0.25, 0.3) is 0 Å². The van der Waals surface area contributed by atoms with E-state index in [4.69, 9.17) is 9.47 Å². The second-order valence-electron chi connectivity index (χ2n) is 8.00. The smallest absolute Gasteiger partial charge is 0.191 e. The average Bonchev–Trinajstić information content (AvgIpc) is 3.29. The fraction of sp³-hybridized carbons (Fsp3) is 0.682. The molecular weight excluding hydrogens is 385 g/mol. The molecule has 3 rings (SSSR count). The molecule has 0 aromatic heterocycles. The first-order valence-corrected chi connectivity index (χ1v) is 11.0. The Labute approximate surface area is 179 Å². The van der Waals surface area contributed by atoms with Gasteiger partial charge in [-0.25, -0.2) is 4.39 Å². The fourth-order valence-electron chi connectivity index (χ4n) is 3.82. The lowest BCUT2D eigenvalue weighted by Gasteiger charge is -2.36. The number of anilines is 1. The van der Waals surface area contributed by atoms with Crippen molar-refractivity contribution in [3.05, 3.63) is 30.1 Å². The Bertz CT molecular complexity index is 661. The van der Waals surface area contributed by atoms with Crippen LogP contribution in [0.15, 0.2) is 29.3 Å². The van der Waals surface area contributed by atoms with Crippen LogP contribution in [0.5, 0.6) is 0 Å². The highest BCUT2D eigenvalue weighted by atomic mass is 19.1. The maximum Gasteiger partial charge on any atom is 0.191 e. The molecule has 7 nitrogen and oxygen atoms in total. The normalized spacial score (nSPS) is 21.6. The minimum atomic E-state index is -0.134. The van der Waals surface area contributed by atoms with Gasteiger partial charge in [-0.05, 0) is 38.4 Å². The van der Waals surface area contributed by atoms with E-state index in [1.54, 1.807) is 13.1 Å². The van der Waals surface area contributed by atoms with Crippen molar-refractivity contribution in [2.24, 2.45) is 4.99 Å². The van der Waals surface area contributed by atoms with Crippen LogP contribution in [0.2, 0.25) is 0 Å². The molecule has 2 saturated heterocycles. The molecule has 168 valence electrons. The van der Waals surface area contributed by atoms with E-state index in [0.29, 0.717) is 18.9 Å². The number of ether oxygens (including phenoxy) is 2. The molecular formula is C22H36FN5O2. The van der Waals surface area contributed by atoms with Crippen molar-refractivity contribution in [1.82, 2.24) is 15.5 Å². The van der Waals surface area contributed by atoms with E-state index in [1.165, 1.54) is 6.07 Å². The maximum atomic E-state index is 14.0. The zero-order chi connectivity index (χ0) is 21.2. The lowest BCUT2D eigenvalue weighted by Crippen LogP contribution is -2.48. The predicted octanol–water partition coefficient (Wildman–Crippen LogP) is 1.70. The van der Waals surface area contributed by atoms with Crippen LogP contribution in [0.3, 0.4) is 0 Å². The molecule has 0 aliphatic carbocycles. The summed E-state index contributed by atoms with van der Waals surface area (Å²) in [6.45, 7) is 9.76. The van der Waals surface area contributed by atoms with Crippen molar-refractivity contribution < 1.29 is 13.9 Å². The van der Waals surface area contributed by atoms with Crippen molar-refractivity contribution in [2.75, 3.05) is 71.0 Å². The monoisotopic (exact) mass is 421 g/mol. The van der Waals surface area contributed by atoms with E-state index < -0.39 is 0 Å². The van der Waals surface area contributed by atoms with Crippen molar-refractivity contribution >= 4 is 11.6 Å². The molecule has 2 heterocycles. The standard InChI is InChI=1S/C22H36FN5O2/c1-18(16-30-19-8-15-29-17-19)26-22(24-2)25-9-5-10-27-11-13-28(14-12-27)21-7-4-3-6-20(21)23/h3-4,6-7,18-19H,5,8-17H2,1-2H3,(H2,24,25,26). The third kappa shape index (κ3) is 7.11. The van der Waals surface area contributed by atoms with Crippen LogP contribution in [-0.4, -0.2) is 89.1 Å². The van der Waals surface area contributed by atoms with Gasteiger partial charge in [0.1, 0.15) is 5.82 Å². The Balaban J connectivity index is 1.27. The number of halogens is 1. The van der Waals surface area contributed by atoms with Crippen molar-refractivity contribution in [3.8, 4) is 0 Å². The Morgan fingerprint density at radius 3 is 2.80 bits per heavy atom. The van der Waals surface area contributed by atoms with Crippen LogP contribution in [-0.2, 0) is 9.47 Å². The summed E-state index contributed by atoms with van der Waals surface area (Å²) in [5, 5.41) is 6.76. The number of hydrogen-bond acceptors (Lipinski definition) is 5. The molecule has 2 unspecified atom stereocenters. The van der Waals surface area contributed by atoms with Crippen LogP contribution in [0, 0.1) is 5.82 Å². The molecule has 0 amide bonds. The Kier molecular flexibility index (Phi) is 9.17.